The number of halogens is 2. The number of amides is 2. The quantitative estimate of drug-likeness (QED) is 0.689. The van der Waals surface area contributed by atoms with Gasteiger partial charge in [-0.25, -0.2) is 4.79 Å². The van der Waals surface area contributed by atoms with Gasteiger partial charge in [0.25, 0.3) is 0 Å². The van der Waals surface area contributed by atoms with Crippen LogP contribution in [0.3, 0.4) is 0 Å². The summed E-state index contributed by atoms with van der Waals surface area (Å²) in [6.45, 7) is 9.16. The molecular weight excluding hydrogens is 391 g/mol. The van der Waals surface area contributed by atoms with Crippen molar-refractivity contribution < 1.29 is 19.1 Å². The molecule has 2 unspecified atom stereocenters. The van der Waals surface area contributed by atoms with Crippen molar-refractivity contribution in [1.82, 2.24) is 10.6 Å². The van der Waals surface area contributed by atoms with Crippen molar-refractivity contribution in [3.63, 3.8) is 0 Å². The summed E-state index contributed by atoms with van der Waals surface area (Å²) in [6.07, 6.45) is -0.649. The minimum absolute atomic E-state index is 0.151. The molecule has 1 aromatic carbocycles. The van der Waals surface area contributed by atoms with Gasteiger partial charge in [-0.3, -0.25) is 4.79 Å². The summed E-state index contributed by atoms with van der Waals surface area (Å²) in [5.41, 5.74) is 0.0216. The molecule has 0 fully saturated rings. The molecule has 0 saturated heterocycles. The first-order chi connectivity index (χ1) is 12.4. The zero-order valence-corrected chi connectivity index (χ0v) is 18.1. The number of carbonyl (C=O) groups is 2. The number of hydrogen-bond donors (Lipinski definition) is 2. The van der Waals surface area contributed by atoms with E-state index in [9.17, 15) is 9.59 Å². The third-order valence-electron chi connectivity index (χ3n) is 3.61. The van der Waals surface area contributed by atoms with Gasteiger partial charge >= 0.3 is 6.09 Å². The van der Waals surface area contributed by atoms with Gasteiger partial charge in [0.05, 0.1) is 12.6 Å². The number of ether oxygens (including phenoxy) is 2. The molecule has 0 spiro atoms. The van der Waals surface area contributed by atoms with E-state index in [1.54, 1.807) is 39.0 Å². The highest BCUT2D eigenvalue weighted by molar-refractivity contribution is 6.35. The van der Waals surface area contributed by atoms with Crippen molar-refractivity contribution >= 4 is 35.2 Å². The third kappa shape index (κ3) is 7.95. The van der Waals surface area contributed by atoms with Gasteiger partial charge in [0.1, 0.15) is 11.6 Å². The molecule has 2 N–H and O–H groups in total. The maximum atomic E-state index is 12.8. The van der Waals surface area contributed by atoms with Crippen molar-refractivity contribution in [2.24, 2.45) is 5.92 Å². The van der Waals surface area contributed by atoms with Gasteiger partial charge in [-0.2, -0.15) is 0 Å². The van der Waals surface area contributed by atoms with Crippen LogP contribution in [-0.4, -0.2) is 37.4 Å². The zero-order valence-electron chi connectivity index (χ0n) is 16.6. The first kappa shape index (κ1) is 23.5. The number of alkyl carbamates (subject to hydrolysis) is 1. The van der Waals surface area contributed by atoms with E-state index in [0.717, 1.165) is 0 Å². The highest BCUT2D eigenvalue weighted by Crippen LogP contribution is 2.27. The SMILES string of the molecule is COCC(NC(=O)C(NC(=O)OC(C)(C)C)C(C)C)c1ccc(Cl)cc1Cl. The van der Waals surface area contributed by atoms with E-state index in [0.29, 0.717) is 15.6 Å². The molecule has 0 radical (unpaired) electrons. The summed E-state index contributed by atoms with van der Waals surface area (Å²) < 4.78 is 10.5. The van der Waals surface area contributed by atoms with Crippen molar-refractivity contribution in [3.05, 3.63) is 33.8 Å². The van der Waals surface area contributed by atoms with Crippen LogP contribution in [0.4, 0.5) is 4.79 Å². The van der Waals surface area contributed by atoms with Crippen molar-refractivity contribution in [2.75, 3.05) is 13.7 Å². The van der Waals surface area contributed by atoms with Crippen molar-refractivity contribution in [3.8, 4) is 0 Å². The van der Waals surface area contributed by atoms with E-state index in [1.807, 2.05) is 13.8 Å². The van der Waals surface area contributed by atoms with Crippen LogP contribution < -0.4 is 10.6 Å². The second kappa shape index (κ2) is 10.2. The summed E-state index contributed by atoms with van der Waals surface area (Å²) in [4.78, 5) is 24.9. The van der Waals surface area contributed by atoms with Crippen LogP contribution in [0.2, 0.25) is 10.0 Å². The Morgan fingerprint density at radius 3 is 2.26 bits per heavy atom. The van der Waals surface area contributed by atoms with Gasteiger partial charge in [0, 0.05) is 17.2 Å². The Morgan fingerprint density at radius 1 is 1.15 bits per heavy atom. The molecule has 1 rings (SSSR count). The highest BCUT2D eigenvalue weighted by Gasteiger charge is 2.29. The predicted molar refractivity (Wildman–Crippen MR) is 107 cm³/mol. The second-order valence-electron chi connectivity index (χ2n) is 7.55. The van der Waals surface area contributed by atoms with Gasteiger partial charge < -0.3 is 20.1 Å². The number of nitrogens with one attached hydrogen (secondary N) is 2. The second-order valence-corrected chi connectivity index (χ2v) is 8.39. The van der Waals surface area contributed by atoms with Crippen LogP contribution >= 0.6 is 23.2 Å². The topological polar surface area (TPSA) is 76.7 Å². The summed E-state index contributed by atoms with van der Waals surface area (Å²) in [5, 5.41) is 6.43. The molecule has 152 valence electrons. The summed E-state index contributed by atoms with van der Waals surface area (Å²) in [6, 6.07) is 3.77. The lowest BCUT2D eigenvalue weighted by Crippen LogP contribution is -2.51. The lowest BCUT2D eigenvalue weighted by Gasteiger charge is -2.27. The molecule has 1 aromatic rings. The lowest BCUT2D eigenvalue weighted by atomic mass is 10.0. The Labute approximate surface area is 170 Å². The molecule has 0 saturated carbocycles. The first-order valence-corrected chi connectivity index (χ1v) is 9.44. The van der Waals surface area contributed by atoms with E-state index in [2.05, 4.69) is 10.6 Å². The minimum Gasteiger partial charge on any atom is -0.444 e. The molecule has 0 aliphatic heterocycles. The number of hydrogen-bond acceptors (Lipinski definition) is 4. The Morgan fingerprint density at radius 2 is 1.78 bits per heavy atom. The molecule has 2 atom stereocenters. The standard InChI is InChI=1S/C19H28Cl2N2O4/c1-11(2)16(23-18(25)27-19(3,4)5)17(24)22-15(10-26-6)13-8-7-12(20)9-14(13)21/h7-9,11,15-16H,10H2,1-6H3,(H,22,24)(H,23,25). The van der Waals surface area contributed by atoms with E-state index >= 15 is 0 Å². The Hall–Kier alpha value is -1.50. The normalized spacial score (nSPS) is 13.8. The van der Waals surface area contributed by atoms with Crippen molar-refractivity contribution in [2.45, 2.75) is 52.3 Å². The number of methoxy groups -OCH3 is 1. The maximum absolute atomic E-state index is 12.8. The fourth-order valence-electron chi connectivity index (χ4n) is 2.39. The van der Waals surface area contributed by atoms with Crippen LogP contribution in [0.5, 0.6) is 0 Å². The van der Waals surface area contributed by atoms with E-state index < -0.39 is 23.8 Å². The van der Waals surface area contributed by atoms with Crippen LogP contribution in [0.1, 0.15) is 46.2 Å². The van der Waals surface area contributed by atoms with Crippen LogP contribution in [0, 0.1) is 5.92 Å². The average molecular weight is 419 g/mol. The van der Waals surface area contributed by atoms with Gasteiger partial charge in [-0.15, -0.1) is 0 Å². The summed E-state index contributed by atoms with van der Waals surface area (Å²) in [7, 11) is 1.53. The van der Waals surface area contributed by atoms with E-state index in [-0.39, 0.29) is 18.4 Å². The van der Waals surface area contributed by atoms with Gasteiger partial charge in [0.15, 0.2) is 0 Å². The van der Waals surface area contributed by atoms with Crippen LogP contribution in [0.15, 0.2) is 18.2 Å². The predicted octanol–water partition coefficient (Wildman–Crippen LogP) is 4.35. The van der Waals surface area contributed by atoms with Crippen molar-refractivity contribution in [1.29, 1.82) is 0 Å². The molecule has 0 aliphatic rings. The molecular formula is C19H28Cl2N2O4. The molecule has 2 amide bonds. The number of benzene rings is 1. The molecule has 0 aliphatic carbocycles. The van der Waals surface area contributed by atoms with Crippen LogP contribution in [-0.2, 0) is 14.3 Å². The molecule has 6 nitrogen and oxygen atoms in total. The average Bonchev–Trinajstić information content (AvgIpc) is 2.50. The van der Waals surface area contributed by atoms with Gasteiger partial charge in [-0.1, -0.05) is 43.1 Å². The largest absolute Gasteiger partial charge is 0.444 e. The minimum atomic E-state index is -0.773. The van der Waals surface area contributed by atoms with Gasteiger partial charge in [-0.05, 0) is 44.4 Å². The molecule has 0 bridgehead atoms. The third-order valence-corrected chi connectivity index (χ3v) is 4.17. The first-order valence-electron chi connectivity index (χ1n) is 8.68. The highest BCUT2D eigenvalue weighted by atomic mass is 35.5. The Balaban J connectivity index is 2.94. The van der Waals surface area contributed by atoms with E-state index in [4.69, 9.17) is 32.7 Å². The monoisotopic (exact) mass is 418 g/mol. The number of carbonyl (C=O) groups excluding carboxylic acids is 2. The fourth-order valence-corrected chi connectivity index (χ4v) is 2.93. The van der Waals surface area contributed by atoms with Crippen LogP contribution in [0.25, 0.3) is 0 Å². The molecule has 8 heteroatoms. The summed E-state index contributed by atoms with van der Waals surface area (Å²) >= 11 is 12.2. The lowest BCUT2D eigenvalue weighted by molar-refractivity contribution is -0.125. The Bertz CT molecular complexity index is 660. The number of rotatable bonds is 7. The van der Waals surface area contributed by atoms with E-state index in [1.165, 1.54) is 7.11 Å². The smallest absolute Gasteiger partial charge is 0.408 e. The molecule has 0 heterocycles. The molecule has 0 aromatic heterocycles. The maximum Gasteiger partial charge on any atom is 0.408 e. The fraction of sp³-hybridized carbons (Fsp3) is 0.579. The molecule has 27 heavy (non-hydrogen) atoms. The zero-order chi connectivity index (χ0) is 20.8. The van der Waals surface area contributed by atoms with Gasteiger partial charge in [0.2, 0.25) is 5.91 Å². The summed E-state index contributed by atoms with van der Waals surface area (Å²) in [5.74, 6) is -0.509. The Kier molecular flexibility index (Phi) is 8.85.